The number of benzene rings is 1. The highest BCUT2D eigenvalue weighted by Crippen LogP contribution is 2.35. The first kappa shape index (κ1) is 18.3. The van der Waals surface area contributed by atoms with Crippen molar-refractivity contribution < 1.29 is 13.2 Å². The van der Waals surface area contributed by atoms with E-state index in [0.29, 0.717) is 22.3 Å². The molecule has 0 aliphatic heterocycles. The Labute approximate surface area is 153 Å². The number of aromatic nitrogens is 1. The van der Waals surface area contributed by atoms with E-state index >= 15 is 0 Å². The Kier molecular flexibility index (Phi) is 5.14. The number of nitrogens with zero attached hydrogens (tertiary/aromatic N) is 1. The maximum Gasteiger partial charge on any atom is 0.407 e. The number of rotatable bonds is 4. The van der Waals surface area contributed by atoms with Gasteiger partial charge in [0.2, 0.25) is 0 Å². The summed E-state index contributed by atoms with van der Waals surface area (Å²) in [4.78, 5) is 4.12. The summed E-state index contributed by atoms with van der Waals surface area (Å²) in [6, 6.07) is 5.05. The fourth-order valence-corrected chi connectivity index (χ4v) is 3.56. The molecule has 0 fully saturated rings. The first-order valence-corrected chi connectivity index (χ1v) is 8.47. The highest BCUT2D eigenvalue weighted by molar-refractivity contribution is 6.42. The van der Waals surface area contributed by atoms with Crippen LogP contribution in [-0.2, 0) is 12.8 Å². The van der Waals surface area contributed by atoms with Crippen LogP contribution in [0.1, 0.15) is 22.7 Å². The van der Waals surface area contributed by atoms with Gasteiger partial charge in [-0.25, -0.2) is 4.98 Å². The van der Waals surface area contributed by atoms with Crippen molar-refractivity contribution in [3.8, 4) is 0 Å². The molecule has 1 aliphatic rings. The number of hydrogen-bond donors (Lipinski definition) is 2. The molecule has 0 radical (unpaired) electrons. The Morgan fingerprint density at radius 1 is 1.16 bits per heavy atom. The minimum absolute atomic E-state index is 0.0742. The standard InChI is InChI=1S/C17H16Cl2F3N3/c1-23-16(17(20,21)22)10-3-5-14(24-8-10)25-11-6-9-2-4-13(18)15(19)12(9)7-11/h2-5,8,11,16,23H,6-7H2,1H3,(H,24,25)/t11?,16-/m0/s1. The number of hydrogen-bond acceptors (Lipinski definition) is 3. The minimum atomic E-state index is -4.37. The van der Waals surface area contributed by atoms with Gasteiger partial charge < -0.3 is 10.6 Å². The third-order valence-corrected chi connectivity index (χ3v) is 5.14. The fraction of sp³-hybridized carbons (Fsp3) is 0.353. The molecular formula is C17H16Cl2F3N3. The maximum atomic E-state index is 12.9. The third kappa shape index (κ3) is 3.86. The van der Waals surface area contributed by atoms with Crippen LogP contribution in [0.25, 0.3) is 0 Å². The van der Waals surface area contributed by atoms with Crippen molar-refractivity contribution in [2.45, 2.75) is 31.1 Å². The molecule has 0 bridgehead atoms. The summed E-state index contributed by atoms with van der Waals surface area (Å²) in [6.07, 6.45) is -1.67. The van der Waals surface area contributed by atoms with Crippen LogP contribution in [0.15, 0.2) is 30.5 Å². The van der Waals surface area contributed by atoms with Crippen LogP contribution >= 0.6 is 23.2 Å². The van der Waals surface area contributed by atoms with E-state index in [1.807, 2.05) is 6.07 Å². The second kappa shape index (κ2) is 7.02. The lowest BCUT2D eigenvalue weighted by Gasteiger charge is -2.20. The summed E-state index contributed by atoms with van der Waals surface area (Å²) in [6.45, 7) is 0. The van der Waals surface area contributed by atoms with E-state index in [9.17, 15) is 13.2 Å². The van der Waals surface area contributed by atoms with Gasteiger partial charge in [-0.1, -0.05) is 35.3 Å². The molecular weight excluding hydrogens is 374 g/mol. The van der Waals surface area contributed by atoms with Crippen molar-refractivity contribution in [1.82, 2.24) is 10.3 Å². The fourth-order valence-electron chi connectivity index (χ4n) is 3.12. The molecule has 1 aromatic carbocycles. The second-order valence-corrected chi connectivity index (χ2v) is 6.77. The predicted molar refractivity (Wildman–Crippen MR) is 93.4 cm³/mol. The quantitative estimate of drug-likeness (QED) is 0.788. The average molecular weight is 390 g/mol. The molecule has 134 valence electrons. The summed E-state index contributed by atoms with van der Waals surface area (Å²) in [7, 11) is 1.27. The van der Waals surface area contributed by atoms with Crippen LogP contribution < -0.4 is 10.6 Å². The number of nitrogens with one attached hydrogen (secondary N) is 2. The summed E-state index contributed by atoms with van der Waals surface area (Å²) in [5.41, 5.74) is 2.21. The molecule has 1 aliphatic carbocycles. The van der Waals surface area contributed by atoms with Gasteiger partial charge in [0.15, 0.2) is 0 Å². The van der Waals surface area contributed by atoms with Gasteiger partial charge in [-0.3, -0.25) is 0 Å². The van der Waals surface area contributed by atoms with E-state index in [4.69, 9.17) is 23.2 Å². The molecule has 0 amide bonds. The number of halogens is 5. The first-order chi connectivity index (χ1) is 11.8. The van der Waals surface area contributed by atoms with Crippen LogP contribution in [-0.4, -0.2) is 24.2 Å². The van der Waals surface area contributed by atoms with E-state index in [1.165, 1.54) is 19.3 Å². The zero-order valence-corrected chi connectivity index (χ0v) is 14.8. The highest BCUT2D eigenvalue weighted by atomic mass is 35.5. The summed E-state index contributed by atoms with van der Waals surface area (Å²) < 4.78 is 38.8. The normalized spacial score (nSPS) is 18.1. The Balaban J connectivity index is 1.70. The molecule has 25 heavy (non-hydrogen) atoms. The molecule has 8 heteroatoms. The van der Waals surface area contributed by atoms with Crippen molar-refractivity contribution in [3.63, 3.8) is 0 Å². The van der Waals surface area contributed by atoms with Crippen molar-refractivity contribution in [2.75, 3.05) is 12.4 Å². The van der Waals surface area contributed by atoms with E-state index in [0.717, 1.165) is 17.5 Å². The summed E-state index contributed by atoms with van der Waals surface area (Å²) in [5.74, 6) is 0.529. The van der Waals surface area contributed by atoms with Crippen LogP contribution in [0, 0.1) is 0 Å². The van der Waals surface area contributed by atoms with Gasteiger partial charge >= 0.3 is 6.18 Å². The van der Waals surface area contributed by atoms with E-state index < -0.39 is 12.2 Å². The molecule has 0 saturated heterocycles. The van der Waals surface area contributed by atoms with Crippen LogP contribution in [0.5, 0.6) is 0 Å². The zero-order chi connectivity index (χ0) is 18.2. The van der Waals surface area contributed by atoms with E-state index in [2.05, 4.69) is 15.6 Å². The molecule has 1 unspecified atom stereocenters. The SMILES string of the molecule is CN[C@@H](c1ccc(NC2Cc3ccc(Cl)c(Cl)c3C2)nc1)C(F)(F)F. The molecule has 2 aromatic rings. The lowest BCUT2D eigenvalue weighted by molar-refractivity contribution is -0.156. The number of anilines is 1. The lowest BCUT2D eigenvalue weighted by Crippen LogP contribution is -2.31. The third-order valence-electron chi connectivity index (χ3n) is 4.30. The summed E-state index contributed by atoms with van der Waals surface area (Å²) >= 11 is 12.3. The lowest BCUT2D eigenvalue weighted by atomic mass is 10.1. The van der Waals surface area contributed by atoms with Crippen LogP contribution in [0.2, 0.25) is 10.0 Å². The number of alkyl halides is 3. The topological polar surface area (TPSA) is 37.0 Å². The Morgan fingerprint density at radius 2 is 1.92 bits per heavy atom. The Bertz CT molecular complexity index is 763. The molecule has 0 spiro atoms. The molecule has 2 N–H and O–H groups in total. The van der Waals surface area contributed by atoms with Crippen molar-refractivity contribution >= 4 is 29.0 Å². The van der Waals surface area contributed by atoms with Gasteiger partial charge in [-0.05, 0) is 48.7 Å². The van der Waals surface area contributed by atoms with E-state index in [1.54, 1.807) is 12.1 Å². The Hall–Kier alpha value is -1.50. The first-order valence-electron chi connectivity index (χ1n) is 7.72. The van der Waals surface area contributed by atoms with E-state index in [-0.39, 0.29) is 11.6 Å². The van der Waals surface area contributed by atoms with Gasteiger partial charge in [0.1, 0.15) is 11.9 Å². The van der Waals surface area contributed by atoms with Crippen LogP contribution in [0.3, 0.4) is 0 Å². The maximum absolute atomic E-state index is 12.9. The minimum Gasteiger partial charge on any atom is -0.367 e. The van der Waals surface area contributed by atoms with Gasteiger partial charge in [0.25, 0.3) is 0 Å². The van der Waals surface area contributed by atoms with Crippen molar-refractivity contribution in [1.29, 1.82) is 0 Å². The number of fused-ring (bicyclic) bond motifs is 1. The smallest absolute Gasteiger partial charge is 0.367 e. The molecule has 0 saturated carbocycles. The average Bonchev–Trinajstić information content (AvgIpc) is 2.95. The molecule has 3 nitrogen and oxygen atoms in total. The molecule has 3 rings (SSSR count). The molecule has 1 heterocycles. The van der Waals surface area contributed by atoms with Gasteiger partial charge in [0, 0.05) is 12.2 Å². The zero-order valence-electron chi connectivity index (χ0n) is 13.3. The second-order valence-electron chi connectivity index (χ2n) is 5.99. The highest BCUT2D eigenvalue weighted by Gasteiger charge is 2.39. The van der Waals surface area contributed by atoms with Gasteiger partial charge in [-0.15, -0.1) is 0 Å². The van der Waals surface area contributed by atoms with Gasteiger partial charge in [0.05, 0.1) is 10.0 Å². The number of pyridine rings is 1. The van der Waals surface area contributed by atoms with Crippen molar-refractivity contribution in [3.05, 3.63) is 57.2 Å². The van der Waals surface area contributed by atoms with Crippen molar-refractivity contribution in [2.24, 2.45) is 0 Å². The Morgan fingerprint density at radius 3 is 2.52 bits per heavy atom. The summed E-state index contributed by atoms with van der Waals surface area (Å²) in [5, 5.41) is 6.59. The predicted octanol–water partition coefficient (Wildman–Crippen LogP) is 4.79. The molecule has 2 atom stereocenters. The van der Waals surface area contributed by atoms with Crippen LogP contribution in [0.4, 0.5) is 19.0 Å². The molecule has 1 aromatic heterocycles. The largest absolute Gasteiger partial charge is 0.407 e. The monoisotopic (exact) mass is 389 g/mol. The van der Waals surface area contributed by atoms with Gasteiger partial charge in [-0.2, -0.15) is 13.2 Å².